The molecule has 3 aromatic rings. The normalized spacial score (nSPS) is 13.8. The number of benzene rings is 3. The Morgan fingerprint density at radius 2 is 1.47 bits per heavy atom. The lowest BCUT2D eigenvalue weighted by Crippen LogP contribution is -2.32. The lowest BCUT2D eigenvalue weighted by molar-refractivity contribution is -0.120. The highest BCUT2D eigenvalue weighted by atomic mass is 32.2. The van der Waals surface area contributed by atoms with Gasteiger partial charge in [-0.2, -0.15) is 0 Å². The van der Waals surface area contributed by atoms with E-state index in [0.717, 1.165) is 39.3 Å². The summed E-state index contributed by atoms with van der Waals surface area (Å²) in [5, 5.41) is 3.27. The summed E-state index contributed by atoms with van der Waals surface area (Å²) >= 11 is 1.32. The average Bonchev–Trinajstić information content (AvgIpc) is 3.01. The minimum atomic E-state index is -0.339. The number of nitrogens with one attached hydrogen (secondary N) is 1. The largest absolute Gasteiger partial charge is 0.350 e. The number of carbonyl (C=O) groups is 2. The Morgan fingerprint density at radius 1 is 0.812 bits per heavy atom. The maximum absolute atomic E-state index is 13.5. The molecule has 4 rings (SSSR count). The molecule has 2 amide bonds. The van der Waals surface area contributed by atoms with Crippen LogP contribution in [0.1, 0.15) is 29.2 Å². The molecule has 0 spiro atoms. The van der Waals surface area contributed by atoms with Crippen LogP contribution >= 0.6 is 11.8 Å². The molecule has 32 heavy (non-hydrogen) atoms. The summed E-state index contributed by atoms with van der Waals surface area (Å²) in [6.45, 7) is 8.11. The monoisotopic (exact) mass is 442 g/mol. The second kappa shape index (κ2) is 9.05. The van der Waals surface area contributed by atoms with Crippen molar-refractivity contribution in [3.63, 3.8) is 0 Å². The molecule has 5 heteroatoms. The van der Waals surface area contributed by atoms with E-state index in [-0.39, 0.29) is 11.8 Å². The smallest absolute Gasteiger partial charge is 0.283 e. The molecule has 0 unspecified atom stereocenters. The molecule has 0 fully saturated rings. The van der Waals surface area contributed by atoms with Crippen LogP contribution in [0.5, 0.6) is 0 Å². The zero-order valence-corrected chi connectivity index (χ0v) is 19.5. The van der Waals surface area contributed by atoms with Crippen LogP contribution < -0.4 is 10.2 Å². The van der Waals surface area contributed by atoms with Crippen LogP contribution in [0.15, 0.2) is 82.2 Å². The van der Waals surface area contributed by atoms with Crippen molar-refractivity contribution in [1.29, 1.82) is 0 Å². The lowest BCUT2D eigenvalue weighted by Gasteiger charge is -2.16. The molecule has 0 aliphatic carbocycles. The highest BCUT2D eigenvalue weighted by Crippen LogP contribution is 2.38. The third-order valence-electron chi connectivity index (χ3n) is 5.53. The van der Waals surface area contributed by atoms with E-state index in [2.05, 4.69) is 18.3 Å². The number of rotatable bonds is 6. The number of thioether (sulfide) groups is 1. The molecule has 0 aromatic heterocycles. The van der Waals surface area contributed by atoms with Crippen LogP contribution in [0.2, 0.25) is 0 Å². The van der Waals surface area contributed by atoms with E-state index in [1.54, 1.807) is 0 Å². The van der Waals surface area contributed by atoms with Crippen molar-refractivity contribution in [2.24, 2.45) is 0 Å². The van der Waals surface area contributed by atoms with Crippen molar-refractivity contribution in [1.82, 2.24) is 0 Å². The van der Waals surface area contributed by atoms with Crippen LogP contribution in [-0.4, -0.2) is 11.8 Å². The molecule has 1 N–H and O–H groups in total. The van der Waals surface area contributed by atoms with E-state index in [4.69, 9.17) is 0 Å². The van der Waals surface area contributed by atoms with Gasteiger partial charge in [0.1, 0.15) is 10.6 Å². The van der Waals surface area contributed by atoms with Gasteiger partial charge in [-0.15, -0.1) is 0 Å². The zero-order chi connectivity index (χ0) is 22.8. The van der Waals surface area contributed by atoms with Crippen LogP contribution in [0.3, 0.4) is 0 Å². The van der Waals surface area contributed by atoms with Gasteiger partial charge in [0, 0.05) is 10.6 Å². The Balaban J connectivity index is 1.74. The molecule has 0 bridgehead atoms. The number of hydrogen-bond donors (Lipinski definition) is 1. The predicted octanol–water partition coefficient (Wildman–Crippen LogP) is 6.16. The van der Waals surface area contributed by atoms with Gasteiger partial charge in [-0.3, -0.25) is 9.59 Å². The van der Waals surface area contributed by atoms with Crippen molar-refractivity contribution in [2.75, 3.05) is 10.2 Å². The molecule has 1 aliphatic heterocycles. The van der Waals surface area contributed by atoms with E-state index < -0.39 is 0 Å². The molecule has 4 nitrogen and oxygen atoms in total. The van der Waals surface area contributed by atoms with Gasteiger partial charge in [0.05, 0.1) is 5.69 Å². The first kappa shape index (κ1) is 21.9. The van der Waals surface area contributed by atoms with Crippen LogP contribution in [0.4, 0.5) is 11.4 Å². The average molecular weight is 443 g/mol. The fourth-order valence-electron chi connectivity index (χ4n) is 3.64. The van der Waals surface area contributed by atoms with Gasteiger partial charge in [0.2, 0.25) is 0 Å². The summed E-state index contributed by atoms with van der Waals surface area (Å²) in [6.07, 6.45) is 0.897. The van der Waals surface area contributed by atoms with Crippen molar-refractivity contribution in [3.8, 4) is 0 Å². The van der Waals surface area contributed by atoms with Crippen LogP contribution in [0, 0.1) is 20.8 Å². The quantitative estimate of drug-likeness (QED) is 0.464. The Hall–Kier alpha value is -3.31. The van der Waals surface area contributed by atoms with Crippen molar-refractivity contribution in [3.05, 3.63) is 99.6 Å². The fourth-order valence-corrected chi connectivity index (χ4v) is 4.57. The first-order valence-corrected chi connectivity index (χ1v) is 11.5. The first-order valence-electron chi connectivity index (χ1n) is 10.7. The summed E-state index contributed by atoms with van der Waals surface area (Å²) in [7, 11) is 0. The lowest BCUT2D eigenvalue weighted by atomic mass is 10.1. The summed E-state index contributed by atoms with van der Waals surface area (Å²) in [5.74, 6) is -0.647. The molecular weight excluding hydrogens is 416 g/mol. The van der Waals surface area contributed by atoms with Gasteiger partial charge >= 0.3 is 0 Å². The summed E-state index contributed by atoms with van der Waals surface area (Å²) in [4.78, 5) is 29.5. The second-order valence-corrected chi connectivity index (χ2v) is 9.11. The predicted molar refractivity (Wildman–Crippen MR) is 132 cm³/mol. The Bertz CT molecular complexity index is 1210. The summed E-state index contributed by atoms with van der Waals surface area (Å²) in [5.41, 5.74) is 6.17. The summed E-state index contributed by atoms with van der Waals surface area (Å²) < 4.78 is 0. The standard InChI is InChI=1S/C27H26N2O2S/c1-5-20-9-11-21(12-10-20)29-26(30)24(28-23-15-8-18(3)16-19(23)4)25(27(29)31)32-22-13-6-17(2)7-14-22/h6-16,28H,5H2,1-4H3. The minimum Gasteiger partial charge on any atom is -0.350 e. The first-order chi connectivity index (χ1) is 15.4. The van der Waals surface area contributed by atoms with E-state index in [1.807, 2.05) is 81.4 Å². The third-order valence-corrected chi connectivity index (χ3v) is 6.62. The van der Waals surface area contributed by atoms with Crippen LogP contribution in [0.25, 0.3) is 0 Å². The number of imide groups is 1. The van der Waals surface area contributed by atoms with Crippen molar-refractivity contribution in [2.45, 2.75) is 39.0 Å². The maximum atomic E-state index is 13.5. The van der Waals surface area contributed by atoms with E-state index in [1.165, 1.54) is 16.7 Å². The topological polar surface area (TPSA) is 49.4 Å². The van der Waals surface area contributed by atoms with E-state index >= 15 is 0 Å². The number of carbonyl (C=O) groups excluding carboxylic acids is 2. The number of hydrogen-bond acceptors (Lipinski definition) is 4. The van der Waals surface area contributed by atoms with Gasteiger partial charge in [-0.25, -0.2) is 4.90 Å². The molecule has 3 aromatic carbocycles. The van der Waals surface area contributed by atoms with E-state index in [0.29, 0.717) is 16.3 Å². The summed E-state index contributed by atoms with van der Waals surface area (Å²) in [6, 6.07) is 21.5. The van der Waals surface area contributed by atoms with Gasteiger partial charge in [0.25, 0.3) is 11.8 Å². The van der Waals surface area contributed by atoms with Gasteiger partial charge in [-0.1, -0.05) is 66.2 Å². The molecular formula is C27H26N2O2S. The molecule has 1 aliphatic rings. The fraction of sp³-hybridized carbons (Fsp3) is 0.185. The highest BCUT2D eigenvalue weighted by Gasteiger charge is 2.40. The van der Waals surface area contributed by atoms with Crippen LogP contribution in [-0.2, 0) is 16.0 Å². The number of anilines is 2. The van der Waals surface area contributed by atoms with E-state index in [9.17, 15) is 9.59 Å². The molecule has 0 radical (unpaired) electrons. The molecule has 0 saturated heterocycles. The Labute approximate surface area is 193 Å². The molecule has 1 heterocycles. The third kappa shape index (κ3) is 4.34. The molecule has 0 atom stereocenters. The maximum Gasteiger partial charge on any atom is 0.283 e. The Kier molecular flexibility index (Phi) is 6.19. The molecule has 0 saturated carbocycles. The molecule has 162 valence electrons. The van der Waals surface area contributed by atoms with Gasteiger partial charge in [0.15, 0.2) is 0 Å². The number of amides is 2. The number of nitrogens with zero attached hydrogens (tertiary/aromatic N) is 1. The number of aryl methyl sites for hydroxylation is 4. The van der Waals surface area contributed by atoms with Gasteiger partial charge < -0.3 is 5.32 Å². The van der Waals surface area contributed by atoms with Crippen molar-refractivity contribution >= 4 is 35.0 Å². The SMILES string of the molecule is CCc1ccc(N2C(=O)C(Nc3ccc(C)cc3C)=C(Sc3ccc(C)cc3)C2=O)cc1. The highest BCUT2D eigenvalue weighted by molar-refractivity contribution is 8.04. The second-order valence-electron chi connectivity index (χ2n) is 8.03. The minimum absolute atomic E-state index is 0.308. The van der Waals surface area contributed by atoms with Gasteiger partial charge in [-0.05, 0) is 68.7 Å². The Morgan fingerprint density at radius 3 is 2.09 bits per heavy atom. The van der Waals surface area contributed by atoms with Crippen molar-refractivity contribution < 1.29 is 9.59 Å². The zero-order valence-electron chi connectivity index (χ0n) is 18.7.